The molecule has 1 saturated carbocycles. The van der Waals surface area contributed by atoms with Crippen molar-refractivity contribution in [2.24, 2.45) is 0 Å². The van der Waals surface area contributed by atoms with Gasteiger partial charge >= 0.3 is 12.1 Å². The number of nitrogens with zero attached hydrogens (tertiary/aromatic N) is 3. The summed E-state index contributed by atoms with van der Waals surface area (Å²) in [4.78, 5) is 23.4. The fourth-order valence-electron chi connectivity index (χ4n) is 2.52. The molecule has 0 unspecified atom stereocenters. The Kier molecular flexibility index (Phi) is 3.97. The van der Waals surface area contributed by atoms with E-state index in [-0.39, 0.29) is 11.4 Å². The maximum Gasteiger partial charge on any atom is 0.416 e. The van der Waals surface area contributed by atoms with Gasteiger partial charge in [-0.15, -0.1) is 5.10 Å². The van der Waals surface area contributed by atoms with Crippen LogP contribution < -0.4 is 5.32 Å². The summed E-state index contributed by atoms with van der Waals surface area (Å²) >= 11 is 0. The van der Waals surface area contributed by atoms with Crippen LogP contribution in [0.2, 0.25) is 0 Å². The van der Waals surface area contributed by atoms with Crippen LogP contribution in [0.1, 0.15) is 35.3 Å². The Morgan fingerprint density at radius 1 is 1.28 bits per heavy atom. The highest BCUT2D eigenvalue weighted by Gasteiger charge is 2.46. The predicted octanol–water partition coefficient (Wildman–Crippen LogP) is 2.02. The molecule has 0 radical (unpaired) electrons. The molecule has 0 aliphatic heterocycles. The Morgan fingerprint density at radius 2 is 2.00 bits per heavy atom. The number of amides is 1. The van der Waals surface area contributed by atoms with E-state index in [0.29, 0.717) is 19.3 Å². The van der Waals surface area contributed by atoms with Crippen molar-refractivity contribution in [3.63, 3.8) is 0 Å². The van der Waals surface area contributed by atoms with Gasteiger partial charge in [-0.1, -0.05) is 11.3 Å². The molecule has 0 spiro atoms. The van der Waals surface area contributed by atoms with Gasteiger partial charge in [0.05, 0.1) is 17.4 Å². The largest absolute Gasteiger partial charge is 0.480 e. The van der Waals surface area contributed by atoms with Crippen LogP contribution in [0.25, 0.3) is 5.69 Å². The minimum absolute atomic E-state index is 0.0815. The van der Waals surface area contributed by atoms with E-state index in [1.807, 2.05) is 0 Å². The summed E-state index contributed by atoms with van der Waals surface area (Å²) in [5.41, 5.74) is -2.26. The van der Waals surface area contributed by atoms with Crippen molar-refractivity contribution in [2.45, 2.75) is 31.0 Å². The lowest BCUT2D eigenvalue weighted by Crippen LogP contribution is -2.59. The number of carbonyl (C=O) groups is 2. The standard InChI is InChI=1S/C15H13F3N4O3/c16-15(17,18)9-3-1-4-10(7-9)22-8-11(20-21-22)12(23)19-14(13(24)25)5-2-6-14/h1,3-4,7-8H,2,5-6H2,(H,19,23)(H,24,25). The number of aromatic nitrogens is 3. The van der Waals surface area contributed by atoms with Crippen LogP contribution in [0.5, 0.6) is 0 Å². The van der Waals surface area contributed by atoms with E-state index >= 15 is 0 Å². The van der Waals surface area contributed by atoms with Gasteiger partial charge in [-0.2, -0.15) is 13.2 Å². The van der Waals surface area contributed by atoms with Gasteiger partial charge < -0.3 is 10.4 Å². The lowest BCUT2D eigenvalue weighted by atomic mass is 9.76. The SMILES string of the molecule is O=C(NC1(C(=O)O)CCC1)c1cn(-c2cccc(C(F)(F)F)c2)nn1. The third kappa shape index (κ3) is 3.19. The Bertz CT molecular complexity index is 827. The first kappa shape index (κ1) is 16.9. The van der Waals surface area contributed by atoms with Crippen LogP contribution in [0, 0.1) is 0 Å². The number of benzene rings is 1. The number of nitrogens with one attached hydrogen (secondary N) is 1. The lowest BCUT2D eigenvalue weighted by Gasteiger charge is -2.37. The molecule has 1 heterocycles. The van der Waals surface area contributed by atoms with Crippen LogP contribution >= 0.6 is 0 Å². The van der Waals surface area contributed by atoms with Crippen LogP contribution in [0.3, 0.4) is 0 Å². The number of carboxylic acids is 1. The highest BCUT2D eigenvalue weighted by molar-refractivity contribution is 5.96. The molecule has 1 aliphatic carbocycles. The third-order valence-corrected chi connectivity index (χ3v) is 4.13. The van der Waals surface area contributed by atoms with Crippen molar-refractivity contribution in [3.05, 3.63) is 41.7 Å². The predicted molar refractivity (Wildman–Crippen MR) is 78.0 cm³/mol. The number of halogens is 3. The zero-order chi connectivity index (χ0) is 18.2. The Balaban J connectivity index is 1.81. The summed E-state index contributed by atoms with van der Waals surface area (Å²) in [5, 5.41) is 18.9. The molecular weight excluding hydrogens is 341 g/mol. The van der Waals surface area contributed by atoms with Crippen LogP contribution in [0.4, 0.5) is 13.2 Å². The third-order valence-electron chi connectivity index (χ3n) is 4.13. The number of carbonyl (C=O) groups excluding carboxylic acids is 1. The molecule has 1 aromatic heterocycles. The minimum atomic E-state index is -4.51. The quantitative estimate of drug-likeness (QED) is 0.876. The number of hydrogen-bond donors (Lipinski definition) is 2. The summed E-state index contributed by atoms with van der Waals surface area (Å²) in [7, 11) is 0. The molecule has 2 N–H and O–H groups in total. The fraction of sp³-hybridized carbons (Fsp3) is 0.333. The minimum Gasteiger partial charge on any atom is -0.480 e. The van der Waals surface area contributed by atoms with Crippen LogP contribution in [-0.4, -0.2) is 37.5 Å². The zero-order valence-corrected chi connectivity index (χ0v) is 12.7. The molecule has 3 rings (SSSR count). The maximum absolute atomic E-state index is 12.8. The average molecular weight is 354 g/mol. The van der Waals surface area contributed by atoms with Crippen molar-refractivity contribution in [2.75, 3.05) is 0 Å². The molecule has 132 valence electrons. The second-order valence-corrected chi connectivity index (χ2v) is 5.79. The lowest BCUT2D eigenvalue weighted by molar-refractivity contribution is -0.148. The molecule has 2 aromatic rings. The second kappa shape index (κ2) is 5.87. The van der Waals surface area contributed by atoms with E-state index in [0.717, 1.165) is 23.0 Å². The van der Waals surface area contributed by atoms with Crippen molar-refractivity contribution in [1.29, 1.82) is 0 Å². The maximum atomic E-state index is 12.8. The van der Waals surface area contributed by atoms with Crippen LogP contribution in [-0.2, 0) is 11.0 Å². The molecule has 1 aliphatic rings. The summed E-state index contributed by atoms with van der Waals surface area (Å²) in [6.45, 7) is 0. The summed E-state index contributed by atoms with van der Waals surface area (Å²) in [5.74, 6) is -1.86. The van der Waals surface area contributed by atoms with E-state index < -0.39 is 29.2 Å². The van der Waals surface area contributed by atoms with Crippen molar-refractivity contribution in [3.8, 4) is 5.69 Å². The smallest absolute Gasteiger partial charge is 0.416 e. The van der Waals surface area contributed by atoms with E-state index in [9.17, 15) is 27.9 Å². The number of alkyl halides is 3. The fourth-order valence-corrected chi connectivity index (χ4v) is 2.52. The van der Waals surface area contributed by atoms with Gasteiger partial charge in [0.1, 0.15) is 5.54 Å². The molecule has 7 nitrogen and oxygen atoms in total. The molecule has 25 heavy (non-hydrogen) atoms. The van der Waals surface area contributed by atoms with Crippen molar-refractivity contribution in [1.82, 2.24) is 20.3 Å². The Morgan fingerprint density at radius 3 is 2.56 bits per heavy atom. The van der Waals surface area contributed by atoms with E-state index in [4.69, 9.17) is 0 Å². The van der Waals surface area contributed by atoms with Crippen molar-refractivity contribution >= 4 is 11.9 Å². The normalized spacial score (nSPS) is 16.1. The topological polar surface area (TPSA) is 97.1 Å². The first-order valence-corrected chi connectivity index (χ1v) is 7.37. The molecule has 0 bridgehead atoms. The molecule has 0 saturated heterocycles. The molecule has 1 fully saturated rings. The van der Waals surface area contributed by atoms with Gasteiger partial charge in [0.2, 0.25) is 0 Å². The van der Waals surface area contributed by atoms with Crippen molar-refractivity contribution < 1.29 is 27.9 Å². The van der Waals surface area contributed by atoms with Gasteiger partial charge in [0, 0.05) is 0 Å². The van der Waals surface area contributed by atoms with E-state index in [1.54, 1.807) is 0 Å². The molecule has 10 heteroatoms. The van der Waals surface area contributed by atoms with Crippen LogP contribution in [0.15, 0.2) is 30.5 Å². The van der Waals surface area contributed by atoms with E-state index in [2.05, 4.69) is 15.6 Å². The summed E-state index contributed by atoms with van der Waals surface area (Å²) in [6, 6.07) is 4.39. The average Bonchev–Trinajstić information content (AvgIpc) is 2.99. The summed E-state index contributed by atoms with van der Waals surface area (Å²) in [6.07, 6.45) is -2.04. The van der Waals surface area contributed by atoms with E-state index in [1.165, 1.54) is 12.1 Å². The number of aliphatic carboxylic acids is 1. The van der Waals surface area contributed by atoms with Gasteiger partial charge in [0.15, 0.2) is 5.69 Å². The molecular formula is C15H13F3N4O3. The summed E-state index contributed by atoms with van der Waals surface area (Å²) < 4.78 is 39.3. The first-order chi connectivity index (χ1) is 11.7. The highest BCUT2D eigenvalue weighted by atomic mass is 19.4. The number of carboxylic acid groups (broad SMARTS) is 1. The Hall–Kier alpha value is -2.91. The molecule has 1 amide bonds. The zero-order valence-electron chi connectivity index (χ0n) is 12.7. The molecule has 1 aromatic carbocycles. The van der Waals surface area contributed by atoms with Gasteiger partial charge in [-0.25, -0.2) is 9.48 Å². The van der Waals surface area contributed by atoms with Gasteiger partial charge in [0.25, 0.3) is 5.91 Å². The number of hydrogen-bond acceptors (Lipinski definition) is 4. The first-order valence-electron chi connectivity index (χ1n) is 7.37. The van der Waals surface area contributed by atoms with Gasteiger partial charge in [-0.3, -0.25) is 4.79 Å². The highest BCUT2D eigenvalue weighted by Crippen LogP contribution is 2.32. The van der Waals surface area contributed by atoms with Gasteiger partial charge in [-0.05, 0) is 37.5 Å². The second-order valence-electron chi connectivity index (χ2n) is 5.79. The number of rotatable bonds is 4. The Labute approximate surface area is 139 Å². The monoisotopic (exact) mass is 354 g/mol. The molecule has 0 atom stereocenters.